The van der Waals surface area contributed by atoms with E-state index in [1.807, 2.05) is 19.1 Å². The van der Waals surface area contributed by atoms with E-state index in [2.05, 4.69) is 10.3 Å². The summed E-state index contributed by atoms with van der Waals surface area (Å²) >= 11 is 0. The van der Waals surface area contributed by atoms with E-state index in [4.69, 9.17) is 4.74 Å². The number of nitrogens with zero attached hydrogens (tertiary/aromatic N) is 2. The van der Waals surface area contributed by atoms with Crippen molar-refractivity contribution in [3.8, 4) is 5.75 Å². The third kappa shape index (κ3) is 4.03. The van der Waals surface area contributed by atoms with Crippen LogP contribution in [0.5, 0.6) is 5.75 Å². The molecule has 2 aromatic rings. The first-order chi connectivity index (χ1) is 12.2. The van der Waals surface area contributed by atoms with Gasteiger partial charge >= 0.3 is 0 Å². The van der Waals surface area contributed by atoms with Gasteiger partial charge in [-0.2, -0.15) is 0 Å². The zero-order chi connectivity index (χ0) is 17.6. The Labute approximate surface area is 146 Å². The molecule has 1 N–H and O–H groups in total. The van der Waals surface area contributed by atoms with E-state index in [1.54, 1.807) is 36.7 Å². The van der Waals surface area contributed by atoms with E-state index in [-0.39, 0.29) is 18.2 Å². The van der Waals surface area contributed by atoms with Crippen LogP contribution in [0, 0.1) is 0 Å². The van der Waals surface area contributed by atoms with Gasteiger partial charge in [0.25, 0.3) is 5.91 Å². The molecule has 1 atom stereocenters. The normalized spacial score (nSPS) is 17.2. The smallest absolute Gasteiger partial charge is 0.251 e. The molecule has 0 unspecified atom stereocenters. The Balaban J connectivity index is 1.64. The molecule has 1 aromatic carbocycles. The van der Waals surface area contributed by atoms with E-state index >= 15 is 0 Å². The molecule has 130 valence electrons. The molecule has 1 aromatic heterocycles. The molecule has 0 spiro atoms. The Bertz CT molecular complexity index is 731. The van der Waals surface area contributed by atoms with Crippen molar-refractivity contribution in [3.05, 3.63) is 54.4 Å². The fourth-order valence-corrected chi connectivity index (χ4v) is 2.72. The summed E-state index contributed by atoms with van der Waals surface area (Å²) in [4.78, 5) is 30.1. The highest BCUT2D eigenvalue weighted by atomic mass is 16.5. The number of carbonyl (C=O) groups is 2. The molecule has 3 rings (SSSR count). The summed E-state index contributed by atoms with van der Waals surface area (Å²) in [5.74, 6) is 0.317. The van der Waals surface area contributed by atoms with Crippen LogP contribution in [0.4, 0.5) is 5.69 Å². The molecule has 2 heterocycles. The fraction of sp³-hybridized carbons (Fsp3) is 0.316. The van der Waals surface area contributed by atoms with Gasteiger partial charge in [0.15, 0.2) is 0 Å². The number of carbonyl (C=O) groups excluding carboxylic acids is 2. The zero-order valence-corrected chi connectivity index (χ0v) is 14.1. The minimum atomic E-state index is -0.503. The molecule has 0 radical (unpaired) electrons. The molecule has 0 bridgehead atoms. The van der Waals surface area contributed by atoms with Gasteiger partial charge in [-0.15, -0.1) is 0 Å². The lowest BCUT2D eigenvalue weighted by molar-refractivity contribution is -0.121. The molecular weight excluding hydrogens is 318 g/mol. The Morgan fingerprint density at radius 2 is 1.88 bits per heavy atom. The highest BCUT2D eigenvalue weighted by Gasteiger charge is 2.39. The van der Waals surface area contributed by atoms with E-state index in [0.29, 0.717) is 18.8 Å². The van der Waals surface area contributed by atoms with Crippen molar-refractivity contribution in [3.63, 3.8) is 0 Å². The van der Waals surface area contributed by atoms with E-state index in [0.717, 1.165) is 17.7 Å². The molecule has 0 saturated carbocycles. The zero-order valence-electron chi connectivity index (χ0n) is 14.1. The molecule has 6 heteroatoms. The lowest BCUT2D eigenvalue weighted by atomic mass is 10.2. The highest BCUT2D eigenvalue weighted by Crippen LogP contribution is 2.25. The molecule has 25 heavy (non-hydrogen) atoms. The summed E-state index contributed by atoms with van der Waals surface area (Å²) < 4.78 is 5.53. The summed E-state index contributed by atoms with van der Waals surface area (Å²) in [5, 5.41) is 3.15. The summed E-state index contributed by atoms with van der Waals surface area (Å²) in [7, 11) is 0. The second kappa shape index (κ2) is 7.90. The van der Waals surface area contributed by atoms with Crippen LogP contribution in [-0.2, 0) is 16.1 Å². The molecule has 6 nitrogen and oxygen atoms in total. The molecule has 1 aliphatic rings. The molecular formula is C19H21N3O3. The van der Waals surface area contributed by atoms with Gasteiger partial charge in [-0.3, -0.25) is 14.6 Å². The van der Waals surface area contributed by atoms with E-state index < -0.39 is 6.04 Å². The average molecular weight is 339 g/mol. The standard InChI is InChI=1S/C19H21N3O3/c1-2-11-25-16-5-3-15(4-6-16)22-18(23)12-17(19(22)24)21-13-14-7-9-20-10-8-14/h3-10,17,21H,2,11-13H2,1H3/t17-/m0/s1. The van der Waals surface area contributed by atoms with Crippen molar-refractivity contribution in [2.24, 2.45) is 0 Å². The predicted molar refractivity (Wildman–Crippen MR) is 94.2 cm³/mol. The number of hydrogen-bond donors (Lipinski definition) is 1. The lowest BCUT2D eigenvalue weighted by Crippen LogP contribution is -2.38. The SMILES string of the molecule is CCCOc1ccc(N2C(=O)C[C@H](NCc3ccncc3)C2=O)cc1. The van der Waals surface area contributed by atoms with Gasteiger partial charge in [0.1, 0.15) is 5.75 Å². The maximum Gasteiger partial charge on any atom is 0.251 e. The van der Waals surface area contributed by atoms with Crippen molar-refractivity contribution >= 4 is 17.5 Å². The predicted octanol–water partition coefficient (Wildman–Crippen LogP) is 2.29. The van der Waals surface area contributed by atoms with Crippen LogP contribution in [0.2, 0.25) is 0 Å². The van der Waals surface area contributed by atoms with Crippen LogP contribution in [-0.4, -0.2) is 29.4 Å². The third-order valence-corrected chi connectivity index (χ3v) is 4.02. The van der Waals surface area contributed by atoms with Crippen molar-refractivity contribution in [2.45, 2.75) is 32.4 Å². The average Bonchev–Trinajstić information content (AvgIpc) is 2.93. The summed E-state index contributed by atoms with van der Waals surface area (Å²) in [5.41, 5.74) is 1.60. The number of rotatable bonds is 7. The number of hydrogen-bond acceptors (Lipinski definition) is 5. The number of nitrogens with one attached hydrogen (secondary N) is 1. The first-order valence-corrected chi connectivity index (χ1v) is 8.41. The van der Waals surface area contributed by atoms with Crippen LogP contribution in [0.15, 0.2) is 48.8 Å². The molecule has 2 amide bonds. The first-order valence-electron chi connectivity index (χ1n) is 8.41. The number of benzene rings is 1. The Kier molecular flexibility index (Phi) is 5.40. The highest BCUT2D eigenvalue weighted by molar-refractivity contribution is 6.22. The fourth-order valence-electron chi connectivity index (χ4n) is 2.72. The maximum absolute atomic E-state index is 12.6. The first kappa shape index (κ1) is 17.1. The van der Waals surface area contributed by atoms with Crippen LogP contribution in [0.1, 0.15) is 25.3 Å². The summed E-state index contributed by atoms with van der Waals surface area (Å²) in [6.07, 6.45) is 4.49. The van der Waals surface area contributed by atoms with Gasteiger partial charge in [0, 0.05) is 18.9 Å². The number of imide groups is 1. The molecule has 1 aliphatic heterocycles. The maximum atomic E-state index is 12.6. The quantitative estimate of drug-likeness (QED) is 0.784. The Hall–Kier alpha value is -2.73. The number of anilines is 1. The van der Waals surface area contributed by atoms with Crippen LogP contribution in [0.25, 0.3) is 0 Å². The van der Waals surface area contributed by atoms with Gasteiger partial charge in [0.2, 0.25) is 5.91 Å². The van der Waals surface area contributed by atoms with E-state index in [1.165, 1.54) is 4.90 Å². The van der Waals surface area contributed by atoms with Gasteiger partial charge in [-0.05, 0) is 48.4 Å². The summed E-state index contributed by atoms with van der Waals surface area (Å²) in [6, 6.07) is 10.3. The van der Waals surface area contributed by atoms with Crippen molar-refractivity contribution in [1.29, 1.82) is 0 Å². The van der Waals surface area contributed by atoms with Crippen molar-refractivity contribution in [1.82, 2.24) is 10.3 Å². The minimum Gasteiger partial charge on any atom is -0.494 e. The number of amides is 2. The minimum absolute atomic E-state index is 0.165. The largest absolute Gasteiger partial charge is 0.494 e. The lowest BCUT2D eigenvalue weighted by Gasteiger charge is -2.16. The van der Waals surface area contributed by atoms with Gasteiger partial charge in [-0.25, -0.2) is 4.90 Å². The third-order valence-electron chi connectivity index (χ3n) is 4.02. The topological polar surface area (TPSA) is 71.5 Å². The number of aromatic nitrogens is 1. The molecule has 1 fully saturated rings. The Morgan fingerprint density at radius 3 is 2.56 bits per heavy atom. The van der Waals surface area contributed by atoms with E-state index in [9.17, 15) is 9.59 Å². The van der Waals surface area contributed by atoms with Gasteiger partial charge < -0.3 is 10.1 Å². The Morgan fingerprint density at radius 1 is 1.16 bits per heavy atom. The second-order valence-electron chi connectivity index (χ2n) is 5.90. The number of pyridine rings is 1. The van der Waals surface area contributed by atoms with Crippen LogP contribution in [0.3, 0.4) is 0 Å². The van der Waals surface area contributed by atoms with Crippen molar-refractivity contribution < 1.29 is 14.3 Å². The van der Waals surface area contributed by atoms with Crippen LogP contribution >= 0.6 is 0 Å². The van der Waals surface area contributed by atoms with Gasteiger partial charge in [0.05, 0.1) is 24.8 Å². The monoisotopic (exact) mass is 339 g/mol. The second-order valence-corrected chi connectivity index (χ2v) is 5.90. The van der Waals surface area contributed by atoms with Crippen molar-refractivity contribution in [2.75, 3.05) is 11.5 Å². The van der Waals surface area contributed by atoms with Gasteiger partial charge in [-0.1, -0.05) is 6.92 Å². The van der Waals surface area contributed by atoms with Crippen LogP contribution < -0.4 is 15.0 Å². The molecule has 1 saturated heterocycles. The number of ether oxygens (including phenoxy) is 1. The molecule has 0 aliphatic carbocycles. The summed E-state index contributed by atoms with van der Waals surface area (Å²) in [6.45, 7) is 3.20.